The summed E-state index contributed by atoms with van der Waals surface area (Å²) >= 11 is 0. The van der Waals surface area contributed by atoms with E-state index in [0.29, 0.717) is 26.2 Å². The first-order chi connectivity index (χ1) is 8.56. The van der Waals surface area contributed by atoms with Crippen LogP contribution in [0.5, 0.6) is 0 Å². The topological polar surface area (TPSA) is 86.9 Å². The Hall–Kier alpha value is -1.14. The fourth-order valence-electron chi connectivity index (χ4n) is 2.68. The number of hydrogen-bond donors (Lipinski definition) is 2. The first-order valence-electron chi connectivity index (χ1n) is 6.54. The van der Waals surface area contributed by atoms with Gasteiger partial charge >= 0.3 is 0 Å². The lowest BCUT2D eigenvalue weighted by atomic mass is 9.97. The van der Waals surface area contributed by atoms with Crippen molar-refractivity contribution < 1.29 is 14.7 Å². The molecule has 0 aromatic heterocycles. The Labute approximate surface area is 107 Å². The van der Waals surface area contributed by atoms with Crippen LogP contribution >= 0.6 is 0 Å². The van der Waals surface area contributed by atoms with Crippen molar-refractivity contribution in [2.75, 3.05) is 32.7 Å². The number of aliphatic hydroxyl groups excluding tert-OH is 1. The van der Waals surface area contributed by atoms with Gasteiger partial charge in [0.25, 0.3) is 0 Å². The third-order valence-electron chi connectivity index (χ3n) is 3.78. The van der Waals surface area contributed by atoms with E-state index >= 15 is 0 Å². The van der Waals surface area contributed by atoms with Gasteiger partial charge in [-0.15, -0.1) is 0 Å². The van der Waals surface area contributed by atoms with Crippen LogP contribution in [0.25, 0.3) is 0 Å². The molecule has 102 valence electrons. The molecule has 2 aliphatic heterocycles. The predicted octanol–water partition coefficient (Wildman–Crippen LogP) is -1.22. The fraction of sp³-hybridized carbons (Fsp3) is 0.833. The smallest absolute Gasteiger partial charge is 0.236 e. The number of primary amides is 1. The minimum atomic E-state index is -0.316. The number of hydrogen-bond acceptors (Lipinski definition) is 4. The lowest BCUT2D eigenvalue weighted by molar-refractivity contribution is -0.135. The summed E-state index contributed by atoms with van der Waals surface area (Å²) in [5.41, 5.74) is 5.29. The molecule has 18 heavy (non-hydrogen) atoms. The van der Waals surface area contributed by atoms with Gasteiger partial charge in [0.1, 0.15) is 0 Å². The number of amides is 2. The first-order valence-corrected chi connectivity index (χ1v) is 6.54. The Morgan fingerprint density at radius 3 is 2.61 bits per heavy atom. The maximum Gasteiger partial charge on any atom is 0.236 e. The molecule has 6 nitrogen and oxygen atoms in total. The van der Waals surface area contributed by atoms with Crippen LogP contribution in [0.1, 0.15) is 19.3 Å². The van der Waals surface area contributed by atoms with E-state index in [1.807, 2.05) is 4.90 Å². The Balaban J connectivity index is 1.83. The quantitative estimate of drug-likeness (QED) is 0.661. The van der Waals surface area contributed by atoms with Crippen LogP contribution in [0.15, 0.2) is 0 Å². The Morgan fingerprint density at radius 2 is 2.00 bits per heavy atom. The van der Waals surface area contributed by atoms with Crippen molar-refractivity contribution in [1.29, 1.82) is 0 Å². The minimum absolute atomic E-state index is 0.0371. The van der Waals surface area contributed by atoms with E-state index in [0.717, 1.165) is 25.8 Å². The predicted molar refractivity (Wildman–Crippen MR) is 65.6 cm³/mol. The second-order valence-corrected chi connectivity index (χ2v) is 5.26. The van der Waals surface area contributed by atoms with Crippen molar-refractivity contribution in [3.8, 4) is 0 Å². The van der Waals surface area contributed by atoms with Gasteiger partial charge in [0.05, 0.1) is 18.6 Å². The molecule has 0 aliphatic carbocycles. The van der Waals surface area contributed by atoms with Crippen molar-refractivity contribution in [1.82, 2.24) is 9.80 Å². The largest absolute Gasteiger partial charge is 0.392 e. The number of piperidine rings is 1. The zero-order chi connectivity index (χ0) is 13.1. The maximum atomic E-state index is 12.1. The highest BCUT2D eigenvalue weighted by molar-refractivity contribution is 5.81. The second-order valence-electron chi connectivity index (χ2n) is 5.26. The highest BCUT2D eigenvalue weighted by Gasteiger charge is 2.29. The van der Waals surface area contributed by atoms with E-state index in [-0.39, 0.29) is 23.8 Å². The molecular weight excluding hydrogens is 234 g/mol. The summed E-state index contributed by atoms with van der Waals surface area (Å²) in [6.07, 6.45) is 2.04. The third-order valence-corrected chi connectivity index (χ3v) is 3.78. The SMILES string of the molecule is NC(=O)C1CCCN(C(=O)CN2CCC(O)C2)C1. The number of carbonyl (C=O) groups is 2. The molecular formula is C12H21N3O3. The molecule has 6 heteroatoms. The van der Waals surface area contributed by atoms with E-state index in [2.05, 4.69) is 0 Å². The van der Waals surface area contributed by atoms with E-state index in [1.54, 1.807) is 4.90 Å². The van der Waals surface area contributed by atoms with E-state index in [1.165, 1.54) is 0 Å². The molecule has 0 aromatic carbocycles. The molecule has 2 rings (SSSR count). The van der Waals surface area contributed by atoms with Gasteiger partial charge in [-0.25, -0.2) is 0 Å². The normalized spacial score (nSPS) is 29.5. The maximum absolute atomic E-state index is 12.1. The lowest BCUT2D eigenvalue weighted by Gasteiger charge is -2.32. The second kappa shape index (κ2) is 5.67. The average molecular weight is 255 g/mol. The number of rotatable bonds is 3. The summed E-state index contributed by atoms with van der Waals surface area (Å²) in [4.78, 5) is 26.9. The van der Waals surface area contributed by atoms with Crippen LogP contribution in [-0.4, -0.2) is 65.5 Å². The van der Waals surface area contributed by atoms with Gasteiger partial charge in [-0.3, -0.25) is 14.5 Å². The van der Waals surface area contributed by atoms with E-state index in [4.69, 9.17) is 5.73 Å². The van der Waals surface area contributed by atoms with Gasteiger partial charge < -0.3 is 15.7 Å². The molecule has 0 radical (unpaired) electrons. The molecule has 2 fully saturated rings. The van der Waals surface area contributed by atoms with Gasteiger partial charge in [-0.1, -0.05) is 0 Å². The highest BCUT2D eigenvalue weighted by Crippen LogP contribution is 2.17. The van der Waals surface area contributed by atoms with Crippen molar-refractivity contribution in [2.24, 2.45) is 11.7 Å². The number of aliphatic hydroxyl groups is 1. The van der Waals surface area contributed by atoms with Gasteiger partial charge in [0.15, 0.2) is 0 Å². The van der Waals surface area contributed by atoms with Crippen LogP contribution in [-0.2, 0) is 9.59 Å². The van der Waals surface area contributed by atoms with Crippen molar-refractivity contribution in [3.05, 3.63) is 0 Å². The number of carbonyl (C=O) groups excluding carboxylic acids is 2. The Bertz CT molecular complexity index is 335. The third kappa shape index (κ3) is 3.20. The average Bonchev–Trinajstić information content (AvgIpc) is 2.75. The van der Waals surface area contributed by atoms with Crippen molar-refractivity contribution >= 4 is 11.8 Å². The molecule has 0 aromatic rings. The molecule has 2 saturated heterocycles. The van der Waals surface area contributed by atoms with Gasteiger partial charge in [-0.2, -0.15) is 0 Å². The van der Waals surface area contributed by atoms with Gasteiger partial charge in [0.2, 0.25) is 11.8 Å². The summed E-state index contributed by atoms with van der Waals surface area (Å²) in [6.45, 7) is 2.82. The van der Waals surface area contributed by atoms with Crippen LogP contribution in [0.4, 0.5) is 0 Å². The molecule has 2 atom stereocenters. The number of nitrogens with two attached hydrogens (primary N) is 1. The Kier molecular flexibility index (Phi) is 4.19. The van der Waals surface area contributed by atoms with Crippen LogP contribution < -0.4 is 5.73 Å². The van der Waals surface area contributed by atoms with Gasteiger partial charge in [0, 0.05) is 26.2 Å². The molecule has 2 heterocycles. The first kappa shape index (κ1) is 13.3. The van der Waals surface area contributed by atoms with Crippen LogP contribution in [0, 0.1) is 5.92 Å². The van der Waals surface area contributed by atoms with Crippen LogP contribution in [0.2, 0.25) is 0 Å². The van der Waals surface area contributed by atoms with E-state index < -0.39 is 0 Å². The molecule has 0 bridgehead atoms. The van der Waals surface area contributed by atoms with Crippen molar-refractivity contribution in [3.63, 3.8) is 0 Å². The Morgan fingerprint density at radius 1 is 1.22 bits per heavy atom. The molecule has 0 saturated carbocycles. The molecule has 3 N–H and O–H groups in total. The zero-order valence-electron chi connectivity index (χ0n) is 10.5. The number of nitrogens with zero attached hydrogens (tertiary/aromatic N) is 2. The summed E-state index contributed by atoms with van der Waals surface area (Å²) in [6, 6.07) is 0. The molecule has 2 unspecified atom stereocenters. The molecule has 0 spiro atoms. The standard InChI is InChI=1S/C12H21N3O3/c13-12(18)9-2-1-4-15(6-9)11(17)8-14-5-3-10(16)7-14/h9-10,16H,1-8H2,(H2,13,18). The number of likely N-dealkylation sites (tertiary alicyclic amines) is 2. The zero-order valence-corrected chi connectivity index (χ0v) is 10.5. The summed E-state index contributed by atoms with van der Waals surface area (Å²) < 4.78 is 0. The fourth-order valence-corrected chi connectivity index (χ4v) is 2.68. The van der Waals surface area contributed by atoms with Crippen LogP contribution in [0.3, 0.4) is 0 Å². The summed E-state index contributed by atoms with van der Waals surface area (Å²) in [5, 5.41) is 9.41. The monoisotopic (exact) mass is 255 g/mol. The molecule has 2 amide bonds. The number of β-amino-alcohol motifs (C(OH)–C–C–N with tert-alkyl or cyclic N) is 1. The van der Waals surface area contributed by atoms with E-state index in [9.17, 15) is 14.7 Å². The summed E-state index contributed by atoms with van der Waals surface area (Å²) in [7, 11) is 0. The van der Waals surface area contributed by atoms with Crippen molar-refractivity contribution in [2.45, 2.75) is 25.4 Å². The summed E-state index contributed by atoms with van der Waals surface area (Å²) in [5.74, 6) is -0.481. The molecule has 2 aliphatic rings. The minimum Gasteiger partial charge on any atom is -0.392 e. The lowest BCUT2D eigenvalue weighted by Crippen LogP contribution is -2.47. The highest BCUT2D eigenvalue weighted by atomic mass is 16.3. The van der Waals surface area contributed by atoms with Gasteiger partial charge in [-0.05, 0) is 19.3 Å².